The molecule has 2 aromatic carbocycles. The lowest BCUT2D eigenvalue weighted by molar-refractivity contribution is 0.0734. The van der Waals surface area contributed by atoms with Crippen molar-refractivity contribution in [2.24, 2.45) is 5.10 Å². The van der Waals surface area contributed by atoms with E-state index in [2.05, 4.69) is 10.5 Å². The molecule has 136 valence electrons. The van der Waals surface area contributed by atoms with Crippen molar-refractivity contribution in [2.75, 3.05) is 7.11 Å². The van der Waals surface area contributed by atoms with Gasteiger partial charge in [-0.15, -0.1) is 11.3 Å². The number of hydrogen-bond donors (Lipinski definition) is 1. The molecule has 1 amide bonds. The van der Waals surface area contributed by atoms with Gasteiger partial charge in [-0.2, -0.15) is 5.10 Å². The lowest BCUT2D eigenvalue weighted by Crippen LogP contribution is -2.17. The van der Waals surface area contributed by atoms with Crippen molar-refractivity contribution in [3.05, 3.63) is 82.0 Å². The predicted octanol–water partition coefficient (Wildman–Crippen LogP) is 3.74. The van der Waals surface area contributed by atoms with Crippen LogP contribution in [0.3, 0.4) is 0 Å². The molecule has 0 aliphatic rings. The maximum Gasteiger partial charge on any atom is 0.353 e. The van der Waals surface area contributed by atoms with E-state index in [0.29, 0.717) is 27.5 Å². The molecule has 0 radical (unpaired) electrons. The van der Waals surface area contributed by atoms with Gasteiger partial charge in [0.15, 0.2) is 11.5 Å². The Morgan fingerprint density at radius 2 is 1.85 bits per heavy atom. The van der Waals surface area contributed by atoms with Gasteiger partial charge in [-0.05, 0) is 47.3 Å². The first-order valence-electron chi connectivity index (χ1n) is 7.99. The molecule has 1 aromatic heterocycles. The third-order valence-electron chi connectivity index (χ3n) is 3.53. The summed E-state index contributed by atoms with van der Waals surface area (Å²) in [4.78, 5) is 24.5. The van der Waals surface area contributed by atoms with Crippen LogP contribution in [0.1, 0.15) is 25.6 Å². The van der Waals surface area contributed by atoms with E-state index >= 15 is 0 Å². The van der Waals surface area contributed by atoms with Gasteiger partial charge in [-0.25, -0.2) is 10.2 Å². The number of esters is 1. The molecule has 0 bridgehead atoms. The second kappa shape index (κ2) is 8.77. The summed E-state index contributed by atoms with van der Waals surface area (Å²) in [6.07, 6.45) is 1.48. The quantitative estimate of drug-likeness (QED) is 0.306. The van der Waals surface area contributed by atoms with E-state index < -0.39 is 5.97 Å². The number of hydrazone groups is 1. The standard InChI is InChI=1S/C20H16N2O4S/c1-25-17-12-14(13-21-22-19(23)15-6-3-2-4-7-15)9-10-16(17)26-20(24)18-8-5-11-27-18/h2-13H,1H3,(H,22,23). The zero-order chi connectivity index (χ0) is 19.1. The molecule has 0 saturated heterocycles. The molecule has 1 heterocycles. The molecule has 0 aliphatic heterocycles. The van der Waals surface area contributed by atoms with E-state index in [4.69, 9.17) is 9.47 Å². The van der Waals surface area contributed by atoms with Crippen LogP contribution in [-0.2, 0) is 0 Å². The Morgan fingerprint density at radius 3 is 2.56 bits per heavy atom. The van der Waals surface area contributed by atoms with Crippen molar-refractivity contribution in [1.82, 2.24) is 5.43 Å². The smallest absolute Gasteiger partial charge is 0.353 e. The molecule has 0 fully saturated rings. The Labute approximate surface area is 160 Å². The summed E-state index contributed by atoms with van der Waals surface area (Å²) in [6, 6.07) is 17.2. The number of benzene rings is 2. The summed E-state index contributed by atoms with van der Waals surface area (Å²) in [5.41, 5.74) is 3.65. The summed E-state index contributed by atoms with van der Waals surface area (Å²) in [5, 5.41) is 5.74. The Bertz CT molecular complexity index is 953. The Balaban J connectivity index is 1.66. The van der Waals surface area contributed by atoms with Crippen LogP contribution in [0, 0.1) is 0 Å². The van der Waals surface area contributed by atoms with E-state index in [1.807, 2.05) is 6.07 Å². The van der Waals surface area contributed by atoms with Gasteiger partial charge in [0.05, 0.1) is 13.3 Å². The van der Waals surface area contributed by atoms with Gasteiger partial charge in [0.25, 0.3) is 5.91 Å². The number of carbonyl (C=O) groups excluding carboxylic acids is 2. The highest BCUT2D eigenvalue weighted by Crippen LogP contribution is 2.28. The summed E-state index contributed by atoms with van der Waals surface area (Å²) in [6.45, 7) is 0. The van der Waals surface area contributed by atoms with Gasteiger partial charge in [0.1, 0.15) is 4.88 Å². The fraction of sp³-hybridized carbons (Fsp3) is 0.0500. The molecule has 7 heteroatoms. The summed E-state index contributed by atoms with van der Waals surface area (Å²) in [5.74, 6) is -0.0558. The SMILES string of the molecule is COc1cc(C=NNC(=O)c2ccccc2)ccc1OC(=O)c1cccs1. The first-order valence-corrected chi connectivity index (χ1v) is 8.87. The number of amides is 1. The van der Waals surface area contributed by atoms with E-state index in [1.165, 1.54) is 24.7 Å². The highest BCUT2D eigenvalue weighted by molar-refractivity contribution is 7.12. The Hall–Kier alpha value is -3.45. The number of carbonyl (C=O) groups is 2. The maximum absolute atomic E-state index is 12.1. The molecule has 1 N–H and O–H groups in total. The third kappa shape index (κ3) is 4.80. The number of nitrogens with zero attached hydrogens (tertiary/aromatic N) is 1. The fourth-order valence-electron chi connectivity index (χ4n) is 2.21. The zero-order valence-corrected chi connectivity index (χ0v) is 15.2. The van der Waals surface area contributed by atoms with Crippen LogP contribution in [0.25, 0.3) is 0 Å². The van der Waals surface area contributed by atoms with Crippen LogP contribution in [0.5, 0.6) is 11.5 Å². The van der Waals surface area contributed by atoms with Gasteiger partial charge in [-0.3, -0.25) is 4.79 Å². The van der Waals surface area contributed by atoms with E-state index in [1.54, 1.807) is 60.0 Å². The lowest BCUT2D eigenvalue weighted by Gasteiger charge is -2.09. The monoisotopic (exact) mass is 380 g/mol. The molecule has 0 saturated carbocycles. The van der Waals surface area contributed by atoms with Gasteiger partial charge >= 0.3 is 5.97 Å². The molecular weight excluding hydrogens is 364 g/mol. The first kappa shape index (κ1) is 18.3. The summed E-state index contributed by atoms with van der Waals surface area (Å²) < 4.78 is 10.6. The first-order chi connectivity index (χ1) is 13.2. The van der Waals surface area contributed by atoms with Crippen molar-refractivity contribution < 1.29 is 19.1 Å². The molecule has 0 atom stereocenters. The van der Waals surface area contributed by atoms with Crippen molar-refractivity contribution >= 4 is 29.4 Å². The summed E-state index contributed by atoms with van der Waals surface area (Å²) in [7, 11) is 1.48. The average Bonchev–Trinajstić information content (AvgIpc) is 3.24. The second-order valence-corrected chi connectivity index (χ2v) is 6.29. The predicted molar refractivity (Wildman–Crippen MR) is 104 cm³/mol. The van der Waals surface area contributed by atoms with Crippen molar-refractivity contribution in [2.45, 2.75) is 0 Å². The zero-order valence-electron chi connectivity index (χ0n) is 14.4. The van der Waals surface area contributed by atoms with E-state index in [0.717, 1.165) is 0 Å². The average molecular weight is 380 g/mol. The van der Waals surface area contributed by atoms with E-state index in [-0.39, 0.29) is 5.91 Å². The normalized spacial score (nSPS) is 10.6. The number of rotatable bonds is 6. The highest BCUT2D eigenvalue weighted by Gasteiger charge is 2.13. The highest BCUT2D eigenvalue weighted by atomic mass is 32.1. The van der Waals surface area contributed by atoms with Gasteiger partial charge in [-0.1, -0.05) is 24.3 Å². The topological polar surface area (TPSA) is 77.0 Å². The van der Waals surface area contributed by atoms with Crippen LogP contribution in [0.2, 0.25) is 0 Å². The molecule has 3 rings (SSSR count). The minimum atomic E-state index is -0.445. The van der Waals surface area contributed by atoms with E-state index in [9.17, 15) is 9.59 Å². The Kier molecular flexibility index (Phi) is 5.96. The van der Waals surface area contributed by atoms with Crippen LogP contribution < -0.4 is 14.9 Å². The number of methoxy groups -OCH3 is 1. The molecule has 3 aromatic rings. The largest absolute Gasteiger partial charge is 0.493 e. The molecule has 27 heavy (non-hydrogen) atoms. The van der Waals surface area contributed by atoms with Crippen molar-refractivity contribution in [3.63, 3.8) is 0 Å². The molecule has 0 spiro atoms. The van der Waals surface area contributed by atoms with Crippen LogP contribution in [0.15, 0.2) is 71.1 Å². The van der Waals surface area contributed by atoms with Crippen molar-refractivity contribution in [3.8, 4) is 11.5 Å². The fourth-order valence-corrected chi connectivity index (χ4v) is 2.81. The molecule has 6 nitrogen and oxygen atoms in total. The van der Waals surface area contributed by atoms with Gasteiger partial charge < -0.3 is 9.47 Å². The number of ether oxygens (including phenoxy) is 2. The Morgan fingerprint density at radius 1 is 1.04 bits per heavy atom. The van der Waals surface area contributed by atoms with Crippen molar-refractivity contribution in [1.29, 1.82) is 0 Å². The summed E-state index contributed by atoms with van der Waals surface area (Å²) >= 11 is 1.30. The lowest BCUT2D eigenvalue weighted by atomic mass is 10.2. The third-order valence-corrected chi connectivity index (χ3v) is 4.38. The maximum atomic E-state index is 12.1. The molecular formula is C20H16N2O4S. The number of nitrogens with one attached hydrogen (secondary N) is 1. The minimum Gasteiger partial charge on any atom is -0.493 e. The molecule has 0 unspecified atom stereocenters. The molecule has 0 aliphatic carbocycles. The second-order valence-electron chi connectivity index (χ2n) is 5.34. The van der Waals surface area contributed by atoms with Crippen LogP contribution in [0.4, 0.5) is 0 Å². The van der Waals surface area contributed by atoms with Gasteiger partial charge in [0.2, 0.25) is 0 Å². The van der Waals surface area contributed by atoms with Gasteiger partial charge in [0, 0.05) is 5.56 Å². The van der Waals surface area contributed by atoms with Crippen LogP contribution >= 0.6 is 11.3 Å². The number of thiophene rings is 1. The number of hydrogen-bond acceptors (Lipinski definition) is 6. The van der Waals surface area contributed by atoms with Crippen LogP contribution in [-0.4, -0.2) is 25.2 Å². The minimum absolute atomic E-state index is 0.305.